The van der Waals surface area contributed by atoms with E-state index < -0.39 is 17.0 Å². The zero-order valence-electron chi connectivity index (χ0n) is 15.0. The molecule has 0 spiro atoms. The number of likely N-dealkylation sites (N-methyl/N-ethyl adjacent to an activating group) is 1. The smallest absolute Gasteiger partial charge is 0.317 e. The normalized spacial score (nSPS) is 11.5. The summed E-state index contributed by atoms with van der Waals surface area (Å²) in [6.45, 7) is 1.97. The maximum atomic E-state index is 12.3. The molecule has 7 nitrogen and oxygen atoms in total. The Balaban J connectivity index is 1.80. The molecule has 0 saturated heterocycles. The van der Waals surface area contributed by atoms with Gasteiger partial charge in [0.25, 0.3) is 11.6 Å². The van der Waals surface area contributed by atoms with Crippen molar-refractivity contribution >= 4 is 29.3 Å². The first kappa shape index (κ1) is 20.4. The van der Waals surface area contributed by atoms with E-state index in [0.29, 0.717) is 11.4 Å². The topological polar surface area (TPSA) is 89.7 Å². The second-order valence-corrected chi connectivity index (χ2v) is 6.90. The van der Waals surface area contributed by atoms with E-state index in [1.165, 1.54) is 35.7 Å². The van der Waals surface area contributed by atoms with Crippen LogP contribution in [0.2, 0.25) is 0 Å². The van der Waals surface area contributed by atoms with Crippen molar-refractivity contribution in [2.45, 2.75) is 24.5 Å². The summed E-state index contributed by atoms with van der Waals surface area (Å²) in [5.74, 6) is -0.794. The summed E-state index contributed by atoms with van der Waals surface area (Å²) in [4.78, 5) is 36.7. The van der Waals surface area contributed by atoms with Crippen LogP contribution in [0, 0.1) is 10.1 Å². The molecule has 0 aliphatic rings. The van der Waals surface area contributed by atoms with Gasteiger partial charge in [-0.05, 0) is 24.6 Å². The van der Waals surface area contributed by atoms with Gasteiger partial charge in [0.1, 0.15) is 0 Å². The summed E-state index contributed by atoms with van der Waals surface area (Å²) in [7, 11) is 1.66. The van der Waals surface area contributed by atoms with Crippen LogP contribution in [0.15, 0.2) is 59.5 Å². The number of thioether (sulfide) groups is 1. The molecule has 0 aromatic heterocycles. The Morgan fingerprint density at radius 3 is 2.37 bits per heavy atom. The second kappa shape index (κ2) is 9.72. The molecule has 2 rings (SSSR count). The van der Waals surface area contributed by atoms with Crippen LogP contribution in [0.3, 0.4) is 0 Å². The number of non-ortho nitro benzene ring substituents is 1. The zero-order valence-corrected chi connectivity index (χ0v) is 15.8. The summed E-state index contributed by atoms with van der Waals surface area (Å²) < 4.78 is 5.20. The lowest BCUT2D eigenvalue weighted by Gasteiger charge is -2.21. The molecular formula is C19H20N2O5S. The molecule has 0 aliphatic carbocycles. The number of carbonyl (C=O) groups excluding carboxylic acids is 2. The lowest BCUT2D eigenvalue weighted by Crippen LogP contribution is -2.37. The Bertz CT molecular complexity index is 796. The fourth-order valence-electron chi connectivity index (χ4n) is 2.33. The van der Waals surface area contributed by atoms with Gasteiger partial charge in [-0.1, -0.05) is 30.3 Å². The molecule has 0 fully saturated rings. The molecule has 2 aromatic rings. The quantitative estimate of drug-likeness (QED) is 0.298. The molecule has 2 aromatic carbocycles. The highest BCUT2D eigenvalue weighted by atomic mass is 32.2. The summed E-state index contributed by atoms with van der Waals surface area (Å²) in [5, 5.41) is 10.6. The Kier molecular flexibility index (Phi) is 7.36. The van der Waals surface area contributed by atoms with Crippen LogP contribution in [0.5, 0.6) is 0 Å². The van der Waals surface area contributed by atoms with Crippen molar-refractivity contribution in [2.24, 2.45) is 0 Å². The van der Waals surface area contributed by atoms with Gasteiger partial charge in [0.05, 0.1) is 10.7 Å². The second-order valence-electron chi connectivity index (χ2n) is 5.85. The number of benzene rings is 2. The number of ether oxygens (including phenoxy) is 1. The van der Waals surface area contributed by atoms with Crippen molar-refractivity contribution in [3.05, 3.63) is 70.3 Å². The fourth-order valence-corrected chi connectivity index (χ4v) is 3.01. The Hall–Kier alpha value is -2.87. The van der Waals surface area contributed by atoms with E-state index in [9.17, 15) is 19.7 Å². The Morgan fingerprint density at radius 2 is 1.78 bits per heavy atom. The van der Waals surface area contributed by atoms with Gasteiger partial charge < -0.3 is 9.64 Å². The van der Waals surface area contributed by atoms with Crippen molar-refractivity contribution in [3.63, 3.8) is 0 Å². The van der Waals surface area contributed by atoms with Gasteiger partial charge in [0.2, 0.25) is 0 Å². The predicted octanol–water partition coefficient (Wildman–Crippen LogP) is 3.28. The van der Waals surface area contributed by atoms with Gasteiger partial charge in [0, 0.05) is 30.6 Å². The molecule has 0 aliphatic heterocycles. The van der Waals surface area contributed by atoms with Gasteiger partial charge in [-0.25, -0.2) is 0 Å². The SMILES string of the molecule is C[C@H](OC(=O)CSc1ccc([N+](=O)[O-])cc1)C(=O)N(C)Cc1ccccc1. The first-order valence-electron chi connectivity index (χ1n) is 8.22. The minimum atomic E-state index is -0.885. The van der Waals surface area contributed by atoms with Gasteiger partial charge in [-0.2, -0.15) is 0 Å². The molecule has 0 radical (unpaired) electrons. The minimum Gasteiger partial charge on any atom is -0.452 e. The van der Waals surface area contributed by atoms with Gasteiger partial charge in [-0.3, -0.25) is 19.7 Å². The molecule has 0 N–H and O–H groups in total. The van der Waals surface area contributed by atoms with E-state index in [1.54, 1.807) is 19.2 Å². The summed E-state index contributed by atoms with van der Waals surface area (Å²) in [6, 6.07) is 15.4. The lowest BCUT2D eigenvalue weighted by atomic mass is 10.2. The number of hydrogen-bond acceptors (Lipinski definition) is 6. The highest BCUT2D eigenvalue weighted by Crippen LogP contribution is 2.21. The average Bonchev–Trinajstić information content (AvgIpc) is 2.66. The van der Waals surface area contributed by atoms with Crippen molar-refractivity contribution in [3.8, 4) is 0 Å². The summed E-state index contributed by atoms with van der Waals surface area (Å²) in [5.41, 5.74) is 0.975. The Labute approximate surface area is 161 Å². The molecule has 0 saturated carbocycles. The zero-order chi connectivity index (χ0) is 19.8. The number of nitro groups is 1. The van der Waals surface area contributed by atoms with Crippen LogP contribution in [0.25, 0.3) is 0 Å². The minimum absolute atomic E-state index is 0.0115. The number of rotatable bonds is 8. The van der Waals surface area contributed by atoms with E-state index in [-0.39, 0.29) is 17.3 Å². The molecule has 27 heavy (non-hydrogen) atoms. The van der Waals surface area contributed by atoms with Gasteiger partial charge in [0.15, 0.2) is 6.10 Å². The van der Waals surface area contributed by atoms with E-state index in [4.69, 9.17) is 4.74 Å². The number of hydrogen-bond donors (Lipinski definition) is 0. The highest BCUT2D eigenvalue weighted by molar-refractivity contribution is 8.00. The third-order valence-corrected chi connectivity index (χ3v) is 4.68. The van der Waals surface area contributed by atoms with Crippen molar-refractivity contribution in [1.82, 2.24) is 4.90 Å². The molecule has 1 amide bonds. The maximum absolute atomic E-state index is 12.3. The standard InChI is InChI=1S/C19H20N2O5S/c1-14(19(23)20(2)12-15-6-4-3-5-7-15)26-18(22)13-27-17-10-8-16(9-11-17)21(24)25/h3-11,14H,12-13H2,1-2H3/t14-/m0/s1. The van der Waals surface area contributed by atoms with Crippen LogP contribution in [0.1, 0.15) is 12.5 Å². The number of nitrogens with zero attached hydrogens (tertiary/aromatic N) is 2. The van der Waals surface area contributed by atoms with E-state index >= 15 is 0 Å². The number of amides is 1. The van der Waals surface area contributed by atoms with Gasteiger partial charge in [-0.15, -0.1) is 11.8 Å². The average molecular weight is 388 g/mol. The van der Waals surface area contributed by atoms with Crippen molar-refractivity contribution in [2.75, 3.05) is 12.8 Å². The molecule has 0 unspecified atom stereocenters. The largest absolute Gasteiger partial charge is 0.452 e. The van der Waals surface area contributed by atoms with E-state index in [1.807, 2.05) is 30.3 Å². The molecule has 8 heteroatoms. The predicted molar refractivity (Wildman–Crippen MR) is 102 cm³/mol. The molecular weight excluding hydrogens is 368 g/mol. The van der Waals surface area contributed by atoms with Crippen molar-refractivity contribution < 1.29 is 19.2 Å². The first-order valence-corrected chi connectivity index (χ1v) is 9.21. The van der Waals surface area contributed by atoms with E-state index in [2.05, 4.69) is 0 Å². The van der Waals surface area contributed by atoms with Crippen molar-refractivity contribution in [1.29, 1.82) is 0 Å². The number of carbonyl (C=O) groups is 2. The third-order valence-electron chi connectivity index (χ3n) is 3.70. The monoisotopic (exact) mass is 388 g/mol. The summed E-state index contributed by atoms with van der Waals surface area (Å²) in [6.07, 6.45) is -0.885. The lowest BCUT2D eigenvalue weighted by molar-refractivity contribution is -0.384. The Morgan fingerprint density at radius 1 is 1.15 bits per heavy atom. The van der Waals surface area contributed by atoms with Crippen LogP contribution >= 0.6 is 11.8 Å². The maximum Gasteiger partial charge on any atom is 0.317 e. The molecule has 1 atom stereocenters. The molecule has 0 bridgehead atoms. The third kappa shape index (κ3) is 6.41. The van der Waals surface area contributed by atoms with Crippen LogP contribution in [-0.2, 0) is 20.9 Å². The molecule has 0 heterocycles. The van der Waals surface area contributed by atoms with Crippen LogP contribution in [-0.4, -0.2) is 40.6 Å². The van der Waals surface area contributed by atoms with Crippen LogP contribution < -0.4 is 0 Å². The van der Waals surface area contributed by atoms with Gasteiger partial charge >= 0.3 is 5.97 Å². The molecule has 142 valence electrons. The van der Waals surface area contributed by atoms with E-state index in [0.717, 1.165) is 5.56 Å². The van der Waals surface area contributed by atoms with Crippen LogP contribution in [0.4, 0.5) is 5.69 Å². The number of esters is 1. The fraction of sp³-hybridized carbons (Fsp3) is 0.263. The highest BCUT2D eigenvalue weighted by Gasteiger charge is 2.21. The number of nitro benzene ring substituents is 1. The summed E-state index contributed by atoms with van der Waals surface area (Å²) >= 11 is 1.19. The first-order chi connectivity index (χ1) is 12.9.